The number of ether oxygens (including phenoxy) is 2. The summed E-state index contributed by atoms with van der Waals surface area (Å²) in [6.07, 6.45) is 1.10. The van der Waals surface area contributed by atoms with Gasteiger partial charge < -0.3 is 14.8 Å². The van der Waals surface area contributed by atoms with Crippen molar-refractivity contribution in [3.05, 3.63) is 53.6 Å². The standard InChI is InChI=1S/C22H30N2O3/c1-6-16(2)17-7-10-19(11-8-17)23-22(25)15-24(3)14-18-9-12-20(26-4)13-21(18)27-5/h7-13,16H,6,14-15H2,1-5H3,(H,23,25). The molecular formula is C22H30N2O3. The molecule has 0 aliphatic rings. The maximum absolute atomic E-state index is 12.3. The van der Waals surface area contributed by atoms with Crippen LogP contribution in [-0.2, 0) is 11.3 Å². The van der Waals surface area contributed by atoms with Gasteiger partial charge in [0.25, 0.3) is 0 Å². The number of nitrogens with zero attached hydrogens (tertiary/aromatic N) is 1. The van der Waals surface area contributed by atoms with Gasteiger partial charge in [0.1, 0.15) is 11.5 Å². The molecular weight excluding hydrogens is 340 g/mol. The Morgan fingerprint density at radius 2 is 1.81 bits per heavy atom. The third-order valence-electron chi connectivity index (χ3n) is 4.72. The predicted octanol–water partition coefficient (Wildman–Crippen LogP) is 4.29. The Balaban J connectivity index is 1.92. The fourth-order valence-electron chi connectivity index (χ4n) is 2.91. The minimum absolute atomic E-state index is 0.0405. The number of amides is 1. The van der Waals surface area contributed by atoms with Gasteiger partial charge in [-0.05, 0) is 43.1 Å². The first kappa shape index (κ1) is 20.8. The molecule has 5 nitrogen and oxygen atoms in total. The lowest BCUT2D eigenvalue weighted by atomic mass is 9.99. The SMILES string of the molecule is CCC(C)c1ccc(NC(=O)CN(C)Cc2ccc(OC)cc2OC)cc1. The second-order valence-electron chi connectivity index (χ2n) is 6.83. The maximum Gasteiger partial charge on any atom is 0.238 e. The van der Waals surface area contributed by atoms with E-state index < -0.39 is 0 Å². The van der Waals surface area contributed by atoms with Crippen LogP contribution >= 0.6 is 0 Å². The number of rotatable bonds is 9. The van der Waals surface area contributed by atoms with Gasteiger partial charge in [0.05, 0.1) is 20.8 Å². The number of likely N-dealkylation sites (N-methyl/N-ethyl adjacent to an activating group) is 1. The first-order valence-corrected chi connectivity index (χ1v) is 9.26. The fraction of sp³-hybridized carbons (Fsp3) is 0.409. The summed E-state index contributed by atoms with van der Waals surface area (Å²) >= 11 is 0. The van der Waals surface area contributed by atoms with Gasteiger partial charge in [-0.3, -0.25) is 9.69 Å². The number of hydrogen-bond donors (Lipinski definition) is 1. The van der Waals surface area contributed by atoms with Crippen LogP contribution in [0.15, 0.2) is 42.5 Å². The average Bonchev–Trinajstić information content (AvgIpc) is 2.68. The van der Waals surface area contributed by atoms with Gasteiger partial charge in [0.2, 0.25) is 5.91 Å². The van der Waals surface area contributed by atoms with Gasteiger partial charge in [0, 0.05) is 23.9 Å². The molecule has 2 aromatic rings. The molecule has 2 aromatic carbocycles. The van der Waals surface area contributed by atoms with E-state index in [2.05, 4.69) is 31.3 Å². The van der Waals surface area contributed by atoms with Crippen LogP contribution < -0.4 is 14.8 Å². The molecule has 0 aliphatic carbocycles. The summed E-state index contributed by atoms with van der Waals surface area (Å²) < 4.78 is 10.6. The molecule has 1 atom stereocenters. The Labute approximate surface area is 162 Å². The minimum Gasteiger partial charge on any atom is -0.497 e. The van der Waals surface area contributed by atoms with Crippen molar-refractivity contribution in [1.29, 1.82) is 0 Å². The van der Waals surface area contributed by atoms with Crippen LogP contribution in [0.4, 0.5) is 5.69 Å². The van der Waals surface area contributed by atoms with E-state index in [-0.39, 0.29) is 5.91 Å². The van der Waals surface area contributed by atoms with Crippen molar-refractivity contribution in [2.24, 2.45) is 0 Å². The average molecular weight is 370 g/mol. The molecule has 1 unspecified atom stereocenters. The van der Waals surface area contributed by atoms with Crippen molar-refractivity contribution in [2.75, 3.05) is 33.1 Å². The first-order valence-electron chi connectivity index (χ1n) is 9.26. The van der Waals surface area contributed by atoms with E-state index in [1.807, 2.05) is 42.3 Å². The van der Waals surface area contributed by atoms with Gasteiger partial charge in [-0.2, -0.15) is 0 Å². The summed E-state index contributed by atoms with van der Waals surface area (Å²) in [5, 5.41) is 2.96. The summed E-state index contributed by atoms with van der Waals surface area (Å²) in [6.45, 7) is 5.28. The molecule has 0 bridgehead atoms. The van der Waals surface area contributed by atoms with Crippen molar-refractivity contribution in [3.63, 3.8) is 0 Å². The Morgan fingerprint density at radius 1 is 1.11 bits per heavy atom. The Kier molecular flexibility index (Phi) is 7.67. The van der Waals surface area contributed by atoms with E-state index in [1.54, 1.807) is 14.2 Å². The van der Waals surface area contributed by atoms with Crippen LogP contribution in [0.3, 0.4) is 0 Å². The molecule has 146 valence electrons. The maximum atomic E-state index is 12.3. The fourth-order valence-corrected chi connectivity index (χ4v) is 2.91. The zero-order valence-electron chi connectivity index (χ0n) is 16.9. The third-order valence-corrected chi connectivity index (χ3v) is 4.72. The normalized spacial score (nSPS) is 11.9. The molecule has 0 saturated heterocycles. The van der Waals surface area contributed by atoms with E-state index in [4.69, 9.17) is 9.47 Å². The zero-order chi connectivity index (χ0) is 19.8. The van der Waals surface area contributed by atoms with Crippen LogP contribution in [0.25, 0.3) is 0 Å². The van der Waals surface area contributed by atoms with Gasteiger partial charge in [-0.1, -0.05) is 32.0 Å². The van der Waals surface area contributed by atoms with Crippen LogP contribution in [0, 0.1) is 0 Å². The molecule has 1 amide bonds. The van der Waals surface area contributed by atoms with Gasteiger partial charge in [-0.25, -0.2) is 0 Å². The van der Waals surface area contributed by atoms with Crippen LogP contribution in [0.5, 0.6) is 11.5 Å². The summed E-state index contributed by atoms with van der Waals surface area (Å²) in [6, 6.07) is 13.8. The molecule has 0 radical (unpaired) electrons. The van der Waals surface area contributed by atoms with Crippen molar-refractivity contribution in [1.82, 2.24) is 4.90 Å². The molecule has 27 heavy (non-hydrogen) atoms. The minimum atomic E-state index is -0.0405. The van der Waals surface area contributed by atoms with E-state index >= 15 is 0 Å². The van der Waals surface area contributed by atoms with E-state index in [0.29, 0.717) is 19.0 Å². The molecule has 0 aromatic heterocycles. The summed E-state index contributed by atoms with van der Waals surface area (Å²) in [7, 11) is 5.17. The lowest BCUT2D eigenvalue weighted by molar-refractivity contribution is -0.117. The highest BCUT2D eigenvalue weighted by atomic mass is 16.5. The molecule has 0 fully saturated rings. The highest BCUT2D eigenvalue weighted by Crippen LogP contribution is 2.25. The number of hydrogen-bond acceptors (Lipinski definition) is 4. The zero-order valence-corrected chi connectivity index (χ0v) is 16.9. The number of nitrogens with one attached hydrogen (secondary N) is 1. The highest BCUT2D eigenvalue weighted by molar-refractivity contribution is 5.92. The first-order chi connectivity index (χ1) is 13.0. The molecule has 1 N–H and O–H groups in total. The number of benzene rings is 2. The number of anilines is 1. The molecule has 0 heterocycles. The summed E-state index contributed by atoms with van der Waals surface area (Å²) in [5.41, 5.74) is 3.12. The van der Waals surface area contributed by atoms with Crippen molar-refractivity contribution >= 4 is 11.6 Å². The van der Waals surface area contributed by atoms with Crippen molar-refractivity contribution < 1.29 is 14.3 Å². The smallest absolute Gasteiger partial charge is 0.238 e. The second kappa shape index (κ2) is 9.97. The van der Waals surface area contributed by atoms with Gasteiger partial charge >= 0.3 is 0 Å². The van der Waals surface area contributed by atoms with Crippen LogP contribution in [0.2, 0.25) is 0 Å². The van der Waals surface area contributed by atoms with Crippen molar-refractivity contribution in [2.45, 2.75) is 32.7 Å². The highest BCUT2D eigenvalue weighted by Gasteiger charge is 2.12. The second-order valence-corrected chi connectivity index (χ2v) is 6.83. The van der Waals surface area contributed by atoms with Crippen molar-refractivity contribution in [3.8, 4) is 11.5 Å². The summed E-state index contributed by atoms with van der Waals surface area (Å²) in [4.78, 5) is 14.3. The Bertz CT molecular complexity index is 744. The molecule has 0 saturated carbocycles. The molecule has 0 spiro atoms. The molecule has 5 heteroatoms. The Morgan fingerprint density at radius 3 is 2.41 bits per heavy atom. The summed E-state index contributed by atoms with van der Waals surface area (Å²) in [5.74, 6) is 1.99. The van der Waals surface area contributed by atoms with Crippen LogP contribution in [0.1, 0.15) is 37.3 Å². The number of carbonyl (C=O) groups is 1. The third kappa shape index (κ3) is 6.00. The number of carbonyl (C=O) groups excluding carboxylic acids is 1. The van der Waals surface area contributed by atoms with Gasteiger partial charge in [0.15, 0.2) is 0 Å². The van der Waals surface area contributed by atoms with Gasteiger partial charge in [-0.15, -0.1) is 0 Å². The van der Waals surface area contributed by atoms with E-state index in [9.17, 15) is 4.79 Å². The largest absolute Gasteiger partial charge is 0.497 e. The molecule has 0 aliphatic heterocycles. The number of methoxy groups -OCH3 is 2. The topological polar surface area (TPSA) is 50.8 Å². The quantitative estimate of drug-likeness (QED) is 0.715. The monoisotopic (exact) mass is 370 g/mol. The van der Waals surface area contributed by atoms with Crippen LogP contribution in [-0.4, -0.2) is 38.6 Å². The van der Waals surface area contributed by atoms with E-state index in [0.717, 1.165) is 29.2 Å². The molecule has 2 rings (SSSR count). The predicted molar refractivity (Wildman–Crippen MR) is 110 cm³/mol. The van der Waals surface area contributed by atoms with E-state index in [1.165, 1.54) is 5.56 Å². The Hall–Kier alpha value is -2.53. The lowest BCUT2D eigenvalue weighted by Gasteiger charge is -2.18. The lowest BCUT2D eigenvalue weighted by Crippen LogP contribution is -2.30.